The van der Waals surface area contributed by atoms with Crippen LogP contribution in [0.2, 0.25) is 5.02 Å². The van der Waals surface area contributed by atoms with Crippen molar-refractivity contribution in [1.29, 1.82) is 0 Å². The number of halogens is 3. The number of rotatable bonds is 4. The molecule has 22 heavy (non-hydrogen) atoms. The molecule has 122 valence electrons. The molecule has 0 aliphatic carbocycles. The monoisotopic (exact) mass is 390 g/mol. The highest BCUT2D eigenvalue weighted by atomic mass is 79.9. The molecule has 2 fully saturated rings. The quantitative estimate of drug-likeness (QED) is 0.664. The van der Waals surface area contributed by atoms with Gasteiger partial charge in [-0.05, 0) is 31.4 Å². The molecule has 4 atom stereocenters. The molecule has 0 radical (unpaired) electrons. The lowest BCUT2D eigenvalue weighted by atomic mass is 9.75. The van der Waals surface area contributed by atoms with E-state index in [9.17, 15) is 4.39 Å². The molecule has 3 rings (SSSR count). The van der Waals surface area contributed by atoms with Crippen molar-refractivity contribution in [3.63, 3.8) is 0 Å². The zero-order valence-corrected chi connectivity index (χ0v) is 15.4. The van der Waals surface area contributed by atoms with Gasteiger partial charge in [0.25, 0.3) is 0 Å². The third-order valence-corrected chi connectivity index (χ3v) is 6.64. The molecule has 0 aromatic heterocycles. The van der Waals surface area contributed by atoms with Gasteiger partial charge in [0.2, 0.25) is 0 Å². The van der Waals surface area contributed by atoms with Crippen LogP contribution in [-0.4, -0.2) is 22.1 Å². The van der Waals surface area contributed by atoms with Crippen molar-refractivity contribution in [1.82, 2.24) is 0 Å². The average Bonchev–Trinajstić information content (AvgIpc) is 2.86. The highest BCUT2D eigenvalue weighted by molar-refractivity contribution is 9.09. The number of alkyl halides is 1. The van der Waals surface area contributed by atoms with Gasteiger partial charge in [0.1, 0.15) is 5.82 Å². The minimum Gasteiger partial charge on any atom is -0.370 e. The predicted molar refractivity (Wildman–Crippen MR) is 89.0 cm³/mol. The van der Waals surface area contributed by atoms with E-state index >= 15 is 0 Å². The first-order chi connectivity index (χ1) is 10.3. The van der Waals surface area contributed by atoms with Crippen molar-refractivity contribution >= 4 is 27.5 Å². The summed E-state index contributed by atoms with van der Waals surface area (Å²) in [6.07, 6.45) is 1.68. The Morgan fingerprint density at radius 3 is 2.77 bits per heavy atom. The summed E-state index contributed by atoms with van der Waals surface area (Å²) >= 11 is 9.84. The third-order valence-electron chi connectivity index (χ3n) is 5.19. The molecule has 0 N–H and O–H groups in total. The third kappa shape index (κ3) is 2.52. The SMILES string of the molecule is CC(C)[C@]12C[C@@H](OCc3c(F)cccc3Cl)[C@](C)(C[C@@H]1Br)O2. The zero-order valence-electron chi connectivity index (χ0n) is 13.0. The van der Waals surface area contributed by atoms with E-state index in [-0.39, 0.29) is 29.7 Å². The minimum atomic E-state index is -0.323. The molecule has 0 amide bonds. The molecule has 2 heterocycles. The predicted octanol–water partition coefficient (Wildman–Crippen LogP) is 5.11. The minimum absolute atomic E-state index is 0.0422. The lowest BCUT2D eigenvalue weighted by Gasteiger charge is -2.35. The second-order valence-corrected chi connectivity index (χ2v) is 8.41. The highest BCUT2D eigenvalue weighted by Crippen LogP contribution is 2.57. The van der Waals surface area contributed by atoms with Gasteiger partial charge in [-0.15, -0.1) is 0 Å². The van der Waals surface area contributed by atoms with Crippen LogP contribution in [0.25, 0.3) is 0 Å². The fraction of sp³-hybridized carbons (Fsp3) is 0.647. The Labute approximate surface area is 144 Å². The largest absolute Gasteiger partial charge is 0.370 e. The van der Waals surface area contributed by atoms with E-state index in [0.29, 0.717) is 21.3 Å². The van der Waals surface area contributed by atoms with E-state index in [0.717, 1.165) is 12.8 Å². The van der Waals surface area contributed by atoms with E-state index in [1.807, 2.05) is 0 Å². The Morgan fingerprint density at radius 2 is 2.18 bits per heavy atom. The van der Waals surface area contributed by atoms with Crippen LogP contribution in [0, 0.1) is 11.7 Å². The first kappa shape index (κ1) is 16.7. The molecule has 2 aliphatic heterocycles. The molecular formula is C17H21BrClFO2. The van der Waals surface area contributed by atoms with Crippen molar-refractivity contribution in [2.45, 2.75) is 62.4 Å². The summed E-state index contributed by atoms with van der Waals surface area (Å²) in [5.41, 5.74) is -0.0984. The van der Waals surface area contributed by atoms with Crippen molar-refractivity contribution in [2.24, 2.45) is 5.92 Å². The van der Waals surface area contributed by atoms with Crippen molar-refractivity contribution in [2.75, 3.05) is 0 Å². The number of hydrogen-bond acceptors (Lipinski definition) is 2. The average molecular weight is 392 g/mol. The van der Waals surface area contributed by atoms with Crippen LogP contribution in [-0.2, 0) is 16.1 Å². The summed E-state index contributed by atoms with van der Waals surface area (Å²) in [5.74, 6) is 0.0722. The van der Waals surface area contributed by atoms with Gasteiger partial charge in [0, 0.05) is 21.8 Å². The maximum Gasteiger partial charge on any atom is 0.130 e. The Kier molecular flexibility index (Phi) is 4.35. The fourth-order valence-corrected chi connectivity index (χ4v) is 5.41. The number of fused-ring (bicyclic) bond motifs is 2. The Morgan fingerprint density at radius 1 is 1.45 bits per heavy atom. The summed E-state index contributed by atoms with van der Waals surface area (Å²) < 4.78 is 26.3. The van der Waals surface area contributed by atoms with E-state index in [4.69, 9.17) is 21.1 Å². The van der Waals surface area contributed by atoms with Crippen molar-refractivity contribution < 1.29 is 13.9 Å². The van der Waals surface area contributed by atoms with Crippen LogP contribution in [0.4, 0.5) is 4.39 Å². The Bertz CT molecular complexity index is 562. The number of ether oxygens (including phenoxy) is 2. The molecule has 5 heteroatoms. The normalized spacial score (nSPS) is 37.2. The summed E-state index contributed by atoms with van der Waals surface area (Å²) in [4.78, 5) is 0.335. The highest BCUT2D eigenvalue weighted by Gasteiger charge is 2.65. The van der Waals surface area contributed by atoms with E-state index in [2.05, 4.69) is 36.7 Å². The van der Waals surface area contributed by atoms with Crippen LogP contribution < -0.4 is 0 Å². The number of hydrogen-bond donors (Lipinski definition) is 0. The molecular weight excluding hydrogens is 371 g/mol. The number of benzene rings is 1. The topological polar surface area (TPSA) is 18.5 Å². The molecule has 0 unspecified atom stereocenters. The summed E-state index contributed by atoms with van der Waals surface area (Å²) in [5, 5.41) is 0.408. The lowest BCUT2D eigenvalue weighted by Crippen LogP contribution is -2.44. The first-order valence-electron chi connectivity index (χ1n) is 7.67. The lowest BCUT2D eigenvalue weighted by molar-refractivity contribution is -0.0957. The second-order valence-electron chi connectivity index (χ2n) is 6.90. The van der Waals surface area contributed by atoms with E-state index in [1.54, 1.807) is 12.1 Å². The van der Waals surface area contributed by atoms with Crippen LogP contribution in [0.5, 0.6) is 0 Å². The zero-order chi connectivity index (χ0) is 16.1. The Hall–Kier alpha value is -0.160. The Balaban J connectivity index is 1.75. The molecule has 2 saturated heterocycles. The van der Waals surface area contributed by atoms with Gasteiger partial charge in [0.15, 0.2) is 0 Å². The molecule has 1 aromatic rings. The van der Waals surface area contributed by atoms with Crippen LogP contribution in [0.3, 0.4) is 0 Å². The van der Waals surface area contributed by atoms with E-state index < -0.39 is 0 Å². The first-order valence-corrected chi connectivity index (χ1v) is 8.96. The van der Waals surface area contributed by atoms with E-state index in [1.165, 1.54) is 6.07 Å². The van der Waals surface area contributed by atoms with Gasteiger partial charge in [-0.25, -0.2) is 4.39 Å². The van der Waals surface area contributed by atoms with Crippen molar-refractivity contribution in [3.8, 4) is 0 Å². The van der Waals surface area contributed by atoms with Gasteiger partial charge in [-0.2, -0.15) is 0 Å². The van der Waals surface area contributed by atoms with Crippen LogP contribution in [0.15, 0.2) is 18.2 Å². The van der Waals surface area contributed by atoms with Gasteiger partial charge in [0.05, 0.1) is 23.9 Å². The molecule has 0 saturated carbocycles. The van der Waals surface area contributed by atoms with Gasteiger partial charge in [-0.1, -0.05) is 47.4 Å². The standard InChI is InChI=1S/C17H21BrClFO2/c1-10(2)17-8-15(16(3,22-17)7-14(17)18)21-9-11-12(19)5-4-6-13(11)20/h4-6,10,14-15H,7-9H2,1-3H3/t14-,15+,16-,17+/m0/s1. The molecule has 2 bridgehead atoms. The van der Waals surface area contributed by atoms with Gasteiger partial charge in [-0.3, -0.25) is 0 Å². The van der Waals surface area contributed by atoms with Crippen LogP contribution in [0.1, 0.15) is 39.2 Å². The molecule has 2 nitrogen and oxygen atoms in total. The van der Waals surface area contributed by atoms with Crippen molar-refractivity contribution in [3.05, 3.63) is 34.6 Å². The van der Waals surface area contributed by atoms with Gasteiger partial charge < -0.3 is 9.47 Å². The molecule has 0 spiro atoms. The summed E-state index contributed by atoms with van der Waals surface area (Å²) in [7, 11) is 0. The summed E-state index contributed by atoms with van der Waals surface area (Å²) in [6.45, 7) is 6.62. The maximum atomic E-state index is 13.9. The fourth-order valence-electron chi connectivity index (χ4n) is 3.75. The molecule has 2 aliphatic rings. The summed E-state index contributed by atoms with van der Waals surface area (Å²) in [6, 6.07) is 4.70. The smallest absolute Gasteiger partial charge is 0.130 e. The second kappa shape index (κ2) is 5.73. The molecule has 1 aromatic carbocycles. The van der Waals surface area contributed by atoms with Crippen LogP contribution >= 0.6 is 27.5 Å². The van der Waals surface area contributed by atoms with Gasteiger partial charge >= 0.3 is 0 Å². The maximum absolute atomic E-state index is 13.9.